The quantitative estimate of drug-likeness (QED) is 0.788. The number of carbonyl (C=O) groups excluding carboxylic acids is 1. The Balaban J connectivity index is 1.93. The third kappa shape index (κ3) is 2.33. The van der Waals surface area contributed by atoms with Gasteiger partial charge in [0.25, 0.3) is 0 Å². The van der Waals surface area contributed by atoms with Crippen molar-refractivity contribution in [1.82, 2.24) is 9.38 Å². The first-order valence-corrected chi connectivity index (χ1v) is 6.40. The molecule has 0 radical (unpaired) electrons. The standard InChI is InChI=1S/C14H16N2O3/c1-18-14(17)11-2-3-12-7-15-13(16(12)8-11)6-10-4-5-19-9-10/h2-3,7-8,10H,4-6,9H2,1H3. The van der Waals surface area contributed by atoms with Crippen LogP contribution in [0.4, 0.5) is 0 Å². The molecule has 19 heavy (non-hydrogen) atoms. The highest BCUT2D eigenvalue weighted by atomic mass is 16.5. The van der Waals surface area contributed by atoms with Crippen molar-refractivity contribution in [3.8, 4) is 0 Å². The number of nitrogens with zero attached hydrogens (tertiary/aromatic N) is 2. The minimum absolute atomic E-state index is 0.328. The SMILES string of the molecule is COC(=O)c1ccc2cnc(CC3CCOC3)n2c1. The highest BCUT2D eigenvalue weighted by molar-refractivity contribution is 5.89. The second kappa shape index (κ2) is 5.01. The van der Waals surface area contributed by atoms with E-state index in [1.807, 2.05) is 16.7 Å². The molecule has 2 aromatic rings. The van der Waals surface area contributed by atoms with Gasteiger partial charge in [-0.3, -0.25) is 0 Å². The van der Waals surface area contributed by atoms with Crippen LogP contribution in [0, 0.1) is 5.92 Å². The van der Waals surface area contributed by atoms with Gasteiger partial charge in [-0.05, 0) is 24.5 Å². The Morgan fingerprint density at radius 3 is 3.21 bits per heavy atom. The molecule has 1 aliphatic rings. The van der Waals surface area contributed by atoms with E-state index in [0.29, 0.717) is 11.5 Å². The highest BCUT2D eigenvalue weighted by Crippen LogP contribution is 2.19. The van der Waals surface area contributed by atoms with E-state index in [2.05, 4.69) is 4.98 Å². The number of hydrogen-bond acceptors (Lipinski definition) is 4. The molecule has 2 aromatic heterocycles. The molecular weight excluding hydrogens is 244 g/mol. The third-order valence-electron chi connectivity index (χ3n) is 3.52. The molecule has 0 N–H and O–H groups in total. The molecule has 1 saturated heterocycles. The van der Waals surface area contributed by atoms with Crippen molar-refractivity contribution in [2.24, 2.45) is 5.92 Å². The summed E-state index contributed by atoms with van der Waals surface area (Å²) in [6, 6.07) is 3.64. The maximum absolute atomic E-state index is 11.6. The van der Waals surface area contributed by atoms with Crippen LogP contribution >= 0.6 is 0 Å². The monoisotopic (exact) mass is 260 g/mol. The Morgan fingerprint density at radius 1 is 1.58 bits per heavy atom. The molecule has 0 aromatic carbocycles. The summed E-state index contributed by atoms with van der Waals surface area (Å²) in [4.78, 5) is 16.0. The van der Waals surface area contributed by atoms with Crippen LogP contribution in [0.5, 0.6) is 0 Å². The van der Waals surface area contributed by atoms with Crippen LogP contribution in [0.25, 0.3) is 5.52 Å². The summed E-state index contributed by atoms with van der Waals surface area (Å²) < 4.78 is 12.1. The molecule has 0 bridgehead atoms. The largest absolute Gasteiger partial charge is 0.465 e. The maximum atomic E-state index is 11.6. The van der Waals surface area contributed by atoms with Gasteiger partial charge in [-0.2, -0.15) is 0 Å². The Morgan fingerprint density at radius 2 is 2.47 bits per heavy atom. The average molecular weight is 260 g/mol. The minimum atomic E-state index is -0.328. The number of carbonyl (C=O) groups is 1. The summed E-state index contributed by atoms with van der Waals surface area (Å²) in [5, 5.41) is 0. The van der Waals surface area contributed by atoms with Crippen molar-refractivity contribution < 1.29 is 14.3 Å². The van der Waals surface area contributed by atoms with Gasteiger partial charge >= 0.3 is 5.97 Å². The summed E-state index contributed by atoms with van der Waals surface area (Å²) in [5.74, 6) is 1.16. The van der Waals surface area contributed by atoms with Gasteiger partial charge in [-0.15, -0.1) is 0 Å². The molecule has 3 heterocycles. The van der Waals surface area contributed by atoms with Crippen molar-refractivity contribution in [3.63, 3.8) is 0 Å². The highest BCUT2D eigenvalue weighted by Gasteiger charge is 2.18. The second-order valence-corrected chi connectivity index (χ2v) is 4.81. The number of methoxy groups -OCH3 is 1. The summed E-state index contributed by atoms with van der Waals surface area (Å²) in [5.41, 5.74) is 1.53. The molecule has 1 unspecified atom stereocenters. The van der Waals surface area contributed by atoms with Crippen LogP contribution < -0.4 is 0 Å². The van der Waals surface area contributed by atoms with E-state index in [0.717, 1.165) is 37.4 Å². The van der Waals surface area contributed by atoms with Crippen molar-refractivity contribution in [2.75, 3.05) is 20.3 Å². The summed E-state index contributed by atoms with van der Waals surface area (Å²) in [7, 11) is 1.39. The van der Waals surface area contributed by atoms with E-state index in [1.54, 1.807) is 12.3 Å². The Kier molecular flexibility index (Phi) is 3.21. The van der Waals surface area contributed by atoms with E-state index in [4.69, 9.17) is 9.47 Å². The number of fused-ring (bicyclic) bond motifs is 1. The summed E-state index contributed by atoms with van der Waals surface area (Å²) >= 11 is 0. The number of rotatable bonds is 3. The molecular formula is C14H16N2O3. The van der Waals surface area contributed by atoms with Crippen LogP contribution in [0.1, 0.15) is 22.6 Å². The Labute approximate surface area is 111 Å². The molecule has 1 fully saturated rings. The number of ether oxygens (including phenoxy) is 2. The average Bonchev–Trinajstić information content (AvgIpc) is 3.08. The maximum Gasteiger partial charge on any atom is 0.339 e. The van der Waals surface area contributed by atoms with Crippen molar-refractivity contribution in [2.45, 2.75) is 12.8 Å². The molecule has 0 spiro atoms. The molecule has 1 aliphatic heterocycles. The van der Waals surface area contributed by atoms with Gasteiger partial charge in [0, 0.05) is 25.8 Å². The zero-order valence-electron chi connectivity index (χ0n) is 10.8. The molecule has 0 saturated carbocycles. The predicted octanol–water partition coefficient (Wildman–Crippen LogP) is 1.70. The zero-order chi connectivity index (χ0) is 13.2. The van der Waals surface area contributed by atoms with Crippen LogP contribution in [0.3, 0.4) is 0 Å². The van der Waals surface area contributed by atoms with Crippen LogP contribution in [0.15, 0.2) is 24.5 Å². The Hall–Kier alpha value is -1.88. The first kappa shape index (κ1) is 12.2. The fourth-order valence-electron chi connectivity index (χ4n) is 2.44. The summed E-state index contributed by atoms with van der Waals surface area (Å²) in [6.07, 6.45) is 5.57. The van der Waals surface area contributed by atoms with Gasteiger partial charge < -0.3 is 13.9 Å². The smallest absolute Gasteiger partial charge is 0.339 e. The number of aromatic nitrogens is 2. The number of hydrogen-bond donors (Lipinski definition) is 0. The molecule has 5 heteroatoms. The van der Waals surface area contributed by atoms with Crippen molar-refractivity contribution in [3.05, 3.63) is 35.9 Å². The van der Waals surface area contributed by atoms with Gasteiger partial charge in [0.2, 0.25) is 0 Å². The van der Waals surface area contributed by atoms with Gasteiger partial charge in [0.1, 0.15) is 5.82 Å². The lowest BCUT2D eigenvalue weighted by Gasteiger charge is -2.07. The molecule has 5 nitrogen and oxygen atoms in total. The first-order chi connectivity index (χ1) is 9.28. The fraction of sp³-hybridized carbons (Fsp3) is 0.429. The second-order valence-electron chi connectivity index (χ2n) is 4.81. The van der Waals surface area contributed by atoms with E-state index in [9.17, 15) is 4.79 Å². The molecule has 3 rings (SSSR count). The predicted molar refractivity (Wildman–Crippen MR) is 69.2 cm³/mol. The molecule has 0 aliphatic carbocycles. The topological polar surface area (TPSA) is 52.8 Å². The van der Waals surface area contributed by atoms with Crippen LogP contribution in [-0.4, -0.2) is 35.7 Å². The lowest BCUT2D eigenvalue weighted by Crippen LogP contribution is -2.08. The first-order valence-electron chi connectivity index (χ1n) is 6.40. The van der Waals surface area contributed by atoms with E-state index in [-0.39, 0.29) is 5.97 Å². The van der Waals surface area contributed by atoms with E-state index >= 15 is 0 Å². The molecule has 1 atom stereocenters. The lowest BCUT2D eigenvalue weighted by molar-refractivity contribution is 0.0600. The normalized spacial score (nSPS) is 18.9. The Bertz CT molecular complexity index is 600. The zero-order valence-corrected chi connectivity index (χ0v) is 10.8. The number of pyridine rings is 1. The van der Waals surface area contributed by atoms with Crippen molar-refractivity contribution >= 4 is 11.5 Å². The number of imidazole rings is 1. The fourth-order valence-corrected chi connectivity index (χ4v) is 2.44. The van der Waals surface area contributed by atoms with E-state index in [1.165, 1.54) is 7.11 Å². The van der Waals surface area contributed by atoms with Crippen molar-refractivity contribution in [1.29, 1.82) is 0 Å². The van der Waals surface area contributed by atoms with Gasteiger partial charge in [-0.25, -0.2) is 9.78 Å². The summed E-state index contributed by atoms with van der Waals surface area (Å²) in [6.45, 7) is 1.63. The molecule has 0 amide bonds. The molecule has 100 valence electrons. The lowest BCUT2D eigenvalue weighted by atomic mass is 10.1. The minimum Gasteiger partial charge on any atom is -0.465 e. The number of esters is 1. The van der Waals surface area contributed by atoms with Gasteiger partial charge in [-0.1, -0.05) is 0 Å². The van der Waals surface area contributed by atoms with Gasteiger partial charge in [0.15, 0.2) is 0 Å². The van der Waals surface area contributed by atoms with Crippen LogP contribution in [-0.2, 0) is 15.9 Å². The van der Waals surface area contributed by atoms with E-state index < -0.39 is 0 Å². The van der Waals surface area contributed by atoms with Gasteiger partial charge in [0.05, 0.1) is 24.4 Å². The third-order valence-corrected chi connectivity index (χ3v) is 3.52. The van der Waals surface area contributed by atoms with Crippen LogP contribution in [0.2, 0.25) is 0 Å².